The number of allylic oxidation sites excluding steroid dienone is 2. The first-order chi connectivity index (χ1) is 15.4. The molecule has 2 N–H and O–H groups in total. The van der Waals surface area contributed by atoms with Gasteiger partial charge in [-0.15, -0.1) is 0 Å². The molecule has 33 heavy (non-hydrogen) atoms. The van der Waals surface area contributed by atoms with Crippen LogP contribution in [0.5, 0.6) is 0 Å². The zero-order valence-corrected chi connectivity index (χ0v) is 20.6. The van der Waals surface area contributed by atoms with Crippen LogP contribution in [0.2, 0.25) is 0 Å². The largest absolute Gasteiger partial charge is 0.478 e. The molecule has 0 radical (unpaired) electrons. The normalized spacial score (nSPS) is 33.0. The van der Waals surface area contributed by atoms with Gasteiger partial charge in [-0.3, -0.25) is 9.69 Å². The Kier molecular flexibility index (Phi) is 9.26. The van der Waals surface area contributed by atoms with E-state index in [-0.39, 0.29) is 35.6 Å². The highest BCUT2D eigenvalue weighted by Crippen LogP contribution is 2.50. The van der Waals surface area contributed by atoms with Crippen LogP contribution in [-0.4, -0.2) is 69.5 Å². The van der Waals surface area contributed by atoms with Gasteiger partial charge in [-0.2, -0.15) is 0 Å². The number of esters is 1. The standard InChI is InChI=1S/C21H35NO3.C4H4O4/c1-13(2)22(14(3)4)12-17-16-10-9-15(5)8-7-11-21(6)19(25-21)18(16)24-20(17)23;5-3(6)1-2-4(7)8/h8,13-14,16-19H,7,9-12H2,1-6H3;1-2H,(H,5,6)(H,7,8)/b15-8-;2-1+/t16-,17-,18-,19-,21+;/m0./s1. The van der Waals surface area contributed by atoms with Gasteiger partial charge in [0.15, 0.2) is 0 Å². The first kappa shape index (κ1) is 27.1. The molecule has 3 rings (SSSR count). The second-order valence-electron chi connectivity index (χ2n) is 10.0. The molecule has 3 aliphatic rings. The predicted molar refractivity (Wildman–Crippen MR) is 124 cm³/mol. The van der Waals surface area contributed by atoms with Crippen LogP contribution in [0.25, 0.3) is 0 Å². The van der Waals surface area contributed by atoms with E-state index in [9.17, 15) is 14.4 Å². The van der Waals surface area contributed by atoms with E-state index >= 15 is 0 Å². The van der Waals surface area contributed by atoms with Gasteiger partial charge in [0.25, 0.3) is 0 Å². The molecule has 2 heterocycles. The molecular formula is C25H39NO7. The lowest BCUT2D eigenvalue weighted by atomic mass is 9.80. The molecule has 186 valence electrons. The number of carboxylic acid groups (broad SMARTS) is 2. The smallest absolute Gasteiger partial charge is 0.328 e. The van der Waals surface area contributed by atoms with Crippen LogP contribution in [0.15, 0.2) is 23.8 Å². The predicted octanol–water partition coefficient (Wildman–Crippen LogP) is 3.65. The van der Waals surface area contributed by atoms with E-state index in [4.69, 9.17) is 19.7 Å². The van der Waals surface area contributed by atoms with Crippen LogP contribution in [0.3, 0.4) is 0 Å². The van der Waals surface area contributed by atoms with Gasteiger partial charge in [-0.05, 0) is 67.2 Å². The average molecular weight is 466 g/mol. The van der Waals surface area contributed by atoms with E-state index in [1.54, 1.807) is 0 Å². The third kappa shape index (κ3) is 7.40. The molecule has 5 atom stereocenters. The van der Waals surface area contributed by atoms with Crippen molar-refractivity contribution in [3.63, 3.8) is 0 Å². The van der Waals surface area contributed by atoms with Gasteiger partial charge in [0.1, 0.15) is 12.2 Å². The second kappa shape index (κ2) is 11.3. The first-order valence-corrected chi connectivity index (χ1v) is 11.8. The SMILES string of the molecule is C/C1=C/CC[C@@]2(C)O[C@H]2[C@H]2OC(=O)[C@@H](CN(C(C)C)C(C)C)[C@@H]2CC1.O=C(O)/C=C/C(=O)O. The van der Waals surface area contributed by atoms with Gasteiger partial charge in [0, 0.05) is 36.7 Å². The Morgan fingerprint density at radius 3 is 2.27 bits per heavy atom. The van der Waals surface area contributed by atoms with E-state index in [0.29, 0.717) is 24.2 Å². The van der Waals surface area contributed by atoms with Crippen molar-refractivity contribution < 1.29 is 34.1 Å². The summed E-state index contributed by atoms with van der Waals surface area (Å²) < 4.78 is 12.0. The lowest BCUT2D eigenvalue weighted by molar-refractivity contribution is -0.145. The molecule has 0 aromatic heterocycles. The van der Waals surface area contributed by atoms with E-state index in [1.807, 2.05) is 0 Å². The van der Waals surface area contributed by atoms with Crippen LogP contribution < -0.4 is 0 Å². The fourth-order valence-electron chi connectivity index (χ4n) is 4.94. The molecule has 0 aromatic carbocycles. The average Bonchev–Trinajstić information content (AvgIpc) is 3.27. The second-order valence-corrected chi connectivity index (χ2v) is 10.0. The number of rotatable bonds is 6. The van der Waals surface area contributed by atoms with Crippen LogP contribution in [0.1, 0.15) is 67.2 Å². The summed E-state index contributed by atoms with van der Waals surface area (Å²) in [6, 6.07) is 0.853. The van der Waals surface area contributed by atoms with Gasteiger partial charge >= 0.3 is 17.9 Å². The minimum absolute atomic E-state index is 0.0139. The summed E-state index contributed by atoms with van der Waals surface area (Å²) in [5.41, 5.74) is 1.33. The van der Waals surface area contributed by atoms with E-state index in [1.165, 1.54) is 5.57 Å². The van der Waals surface area contributed by atoms with Crippen molar-refractivity contribution in [1.29, 1.82) is 0 Å². The number of fused-ring (bicyclic) bond motifs is 3. The number of ether oxygens (including phenoxy) is 2. The van der Waals surface area contributed by atoms with E-state index in [0.717, 1.165) is 32.2 Å². The molecule has 0 bridgehead atoms. The molecule has 8 nitrogen and oxygen atoms in total. The summed E-state index contributed by atoms with van der Waals surface area (Å²) in [5, 5.41) is 15.6. The van der Waals surface area contributed by atoms with Crippen molar-refractivity contribution in [3.8, 4) is 0 Å². The van der Waals surface area contributed by atoms with Crippen molar-refractivity contribution in [2.75, 3.05) is 6.54 Å². The van der Waals surface area contributed by atoms with Crippen molar-refractivity contribution in [3.05, 3.63) is 23.8 Å². The number of nitrogens with zero attached hydrogens (tertiary/aromatic N) is 1. The number of carbonyl (C=O) groups excluding carboxylic acids is 1. The first-order valence-electron chi connectivity index (χ1n) is 11.8. The van der Waals surface area contributed by atoms with Crippen molar-refractivity contribution in [2.45, 2.75) is 97.1 Å². The lowest BCUT2D eigenvalue weighted by Crippen LogP contribution is -2.43. The third-order valence-corrected chi connectivity index (χ3v) is 6.84. The summed E-state index contributed by atoms with van der Waals surface area (Å²) >= 11 is 0. The Bertz CT molecular complexity index is 764. The molecule has 2 fully saturated rings. The van der Waals surface area contributed by atoms with Crippen LogP contribution in [0.4, 0.5) is 0 Å². The molecule has 0 amide bonds. The van der Waals surface area contributed by atoms with Gasteiger partial charge in [0.2, 0.25) is 0 Å². The van der Waals surface area contributed by atoms with Crippen LogP contribution in [-0.2, 0) is 23.9 Å². The molecule has 0 saturated carbocycles. The molecular weight excluding hydrogens is 426 g/mol. The highest BCUT2D eigenvalue weighted by atomic mass is 16.6. The maximum Gasteiger partial charge on any atom is 0.328 e. The molecule has 1 aliphatic carbocycles. The Hall–Kier alpha value is -2.19. The molecule has 2 saturated heterocycles. The van der Waals surface area contributed by atoms with Crippen molar-refractivity contribution in [2.24, 2.45) is 11.8 Å². The third-order valence-electron chi connectivity index (χ3n) is 6.84. The Labute approximate surface area is 196 Å². The number of hydrogen-bond donors (Lipinski definition) is 2. The number of epoxide rings is 1. The fourth-order valence-corrected chi connectivity index (χ4v) is 4.94. The molecule has 8 heteroatoms. The van der Waals surface area contributed by atoms with Crippen LogP contribution >= 0.6 is 0 Å². The summed E-state index contributed by atoms with van der Waals surface area (Å²) in [6.45, 7) is 14.0. The summed E-state index contributed by atoms with van der Waals surface area (Å²) in [7, 11) is 0. The lowest BCUT2D eigenvalue weighted by Gasteiger charge is -2.33. The molecule has 0 unspecified atom stereocenters. The minimum atomic E-state index is -1.26. The van der Waals surface area contributed by atoms with E-state index < -0.39 is 11.9 Å². The van der Waals surface area contributed by atoms with E-state index in [2.05, 4.69) is 52.5 Å². The number of hydrogen-bond acceptors (Lipinski definition) is 6. The van der Waals surface area contributed by atoms with Gasteiger partial charge in [-0.1, -0.05) is 11.6 Å². The maximum atomic E-state index is 12.7. The Morgan fingerprint density at radius 2 is 1.76 bits per heavy atom. The van der Waals surface area contributed by atoms with Crippen LogP contribution in [0, 0.1) is 11.8 Å². The van der Waals surface area contributed by atoms with Crippen molar-refractivity contribution >= 4 is 17.9 Å². The zero-order chi connectivity index (χ0) is 24.9. The quantitative estimate of drug-likeness (QED) is 0.264. The van der Waals surface area contributed by atoms with Gasteiger partial charge in [0.05, 0.1) is 11.5 Å². The zero-order valence-electron chi connectivity index (χ0n) is 20.6. The Morgan fingerprint density at radius 1 is 1.18 bits per heavy atom. The topological polar surface area (TPSA) is 117 Å². The highest BCUT2D eigenvalue weighted by Gasteiger charge is 2.62. The fraction of sp³-hybridized carbons (Fsp3) is 0.720. The minimum Gasteiger partial charge on any atom is -0.478 e. The summed E-state index contributed by atoms with van der Waals surface area (Å²) in [4.78, 5) is 34.3. The monoisotopic (exact) mass is 465 g/mol. The Balaban J connectivity index is 0.000000414. The summed E-state index contributed by atoms with van der Waals surface area (Å²) in [5.74, 6) is -2.30. The molecule has 0 aromatic rings. The molecule has 2 aliphatic heterocycles. The molecule has 0 spiro atoms. The highest BCUT2D eigenvalue weighted by molar-refractivity contribution is 5.89. The van der Waals surface area contributed by atoms with Gasteiger partial charge in [-0.25, -0.2) is 9.59 Å². The number of carboxylic acids is 2. The van der Waals surface area contributed by atoms with Gasteiger partial charge < -0.3 is 19.7 Å². The number of carbonyl (C=O) groups is 3. The maximum absolute atomic E-state index is 12.7. The number of aliphatic carboxylic acids is 2. The van der Waals surface area contributed by atoms with Crippen molar-refractivity contribution in [1.82, 2.24) is 4.90 Å². The summed E-state index contributed by atoms with van der Waals surface area (Å²) in [6.07, 6.45) is 7.65.